The zero-order chi connectivity index (χ0) is 22.8. The molecule has 2 aliphatic rings. The number of hydrogen-bond acceptors (Lipinski definition) is 5. The molecule has 0 radical (unpaired) electrons. The minimum Gasteiger partial charge on any atom is -0.441 e. The molecule has 4 rings (SSSR count). The average Bonchev–Trinajstić information content (AvgIpc) is 3.04. The largest absolute Gasteiger partial charge is 0.441 e. The molecule has 7 heteroatoms. The van der Waals surface area contributed by atoms with E-state index >= 15 is 4.57 Å². The van der Waals surface area contributed by atoms with Crippen molar-refractivity contribution < 1.29 is 23.6 Å². The van der Waals surface area contributed by atoms with Gasteiger partial charge in [0.25, 0.3) is 0 Å². The Morgan fingerprint density at radius 2 is 1.69 bits per heavy atom. The molecule has 0 N–H and O–H groups in total. The molecule has 0 amide bonds. The normalized spacial score (nSPS) is 25.0. The summed E-state index contributed by atoms with van der Waals surface area (Å²) >= 11 is 3.63. The molecule has 3 unspecified atom stereocenters. The summed E-state index contributed by atoms with van der Waals surface area (Å²) in [6, 6.07) is 18.6. The third kappa shape index (κ3) is 4.14. The molecule has 32 heavy (non-hydrogen) atoms. The van der Waals surface area contributed by atoms with Gasteiger partial charge in [-0.15, -0.1) is 0 Å². The monoisotopic (exact) mass is 518 g/mol. The van der Waals surface area contributed by atoms with E-state index in [1.165, 1.54) is 0 Å². The van der Waals surface area contributed by atoms with Crippen LogP contribution in [0.4, 0.5) is 0 Å². The second-order valence-electron chi connectivity index (χ2n) is 8.34. The highest BCUT2D eigenvalue weighted by molar-refractivity contribution is 9.12. The minimum absolute atomic E-state index is 0.234. The highest BCUT2D eigenvalue weighted by Gasteiger charge is 2.60. The summed E-state index contributed by atoms with van der Waals surface area (Å²) in [5.41, 5.74) is 0.429. The summed E-state index contributed by atoms with van der Waals surface area (Å²) in [5, 5.41) is -0.135. The molecule has 0 saturated carbocycles. The number of ether oxygens (including phenoxy) is 3. The number of halogens is 1. The number of hydrogen-bond donors (Lipinski definition) is 0. The van der Waals surface area contributed by atoms with Gasteiger partial charge in [-0.3, -0.25) is 0 Å². The first kappa shape index (κ1) is 23.4. The van der Waals surface area contributed by atoms with Crippen molar-refractivity contribution in [2.45, 2.75) is 57.3 Å². The molecule has 1 saturated heterocycles. The lowest BCUT2D eigenvalue weighted by atomic mass is 10.1. The first-order valence-electron chi connectivity index (χ1n) is 11.0. The van der Waals surface area contributed by atoms with Crippen LogP contribution in [0.2, 0.25) is 0 Å². The summed E-state index contributed by atoms with van der Waals surface area (Å²) in [6.45, 7) is 4.29. The van der Waals surface area contributed by atoms with E-state index in [0.717, 1.165) is 19.3 Å². The van der Waals surface area contributed by atoms with E-state index in [0.29, 0.717) is 27.3 Å². The van der Waals surface area contributed by atoms with Crippen LogP contribution in [-0.2, 0) is 23.6 Å². The number of carbonyl (C=O) groups excluding carboxylic acids is 1. The zero-order valence-electron chi connectivity index (χ0n) is 18.3. The molecular formula is C25H28BrO5P. The Labute approximate surface area is 197 Å². The van der Waals surface area contributed by atoms with Gasteiger partial charge in [0.15, 0.2) is 13.4 Å². The van der Waals surface area contributed by atoms with Crippen LogP contribution >= 0.6 is 23.1 Å². The molecule has 5 nitrogen and oxygen atoms in total. The number of esters is 1. The van der Waals surface area contributed by atoms with Crippen molar-refractivity contribution in [1.82, 2.24) is 0 Å². The van der Waals surface area contributed by atoms with E-state index in [-0.39, 0.29) is 18.8 Å². The van der Waals surface area contributed by atoms with E-state index in [9.17, 15) is 4.79 Å². The van der Waals surface area contributed by atoms with Crippen LogP contribution in [0.25, 0.3) is 0 Å². The Hall–Kier alpha value is -1.72. The lowest BCUT2D eigenvalue weighted by Crippen LogP contribution is -2.43. The summed E-state index contributed by atoms with van der Waals surface area (Å²) in [6.07, 6.45) is 2.47. The van der Waals surface area contributed by atoms with Gasteiger partial charge in [-0.2, -0.15) is 0 Å². The Bertz CT molecular complexity index is 989. The van der Waals surface area contributed by atoms with E-state index < -0.39 is 18.5 Å². The number of cyclic esters (lactones) is 1. The van der Waals surface area contributed by atoms with Gasteiger partial charge in [0.2, 0.25) is 5.34 Å². The van der Waals surface area contributed by atoms with Crippen molar-refractivity contribution in [2.24, 2.45) is 0 Å². The maximum absolute atomic E-state index is 15.2. The van der Waals surface area contributed by atoms with Crippen LogP contribution in [-0.4, -0.2) is 30.3 Å². The van der Waals surface area contributed by atoms with Crippen LogP contribution in [0, 0.1) is 0 Å². The quantitative estimate of drug-likeness (QED) is 0.370. The summed E-state index contributed by atoms with van der Waals surface area (Å²) in [5.74, 6) is -0.468. The van der Waals surface area contributed by atoms with Crippen molar-refractivity contribution >= 4 is 39.7 Å². The first-order chi connectivity index (χ1) is 15.4. The minimum atomic E-state index is -3.51. The van der Waals surface area contributed by atoms with Gasteiger partial charge in [-0.05, 0) is 33.1 Å². The molecule has 0 aromatic heterocycles. The molecule has 2 aliphatic heterocycles. The third-order valence-corrected chi connectivity index (χ3v) is 11.2. The standard InChI is InChI=1S/C25H28BrO5P/c1-18(30-22-15-9-10-16-29-22)17-25(23(26)19(2)24(27)31-25)32(28,20-11-5-3-6-12-20)21-13-7-4-8-14-21/h3-8,11-14,18,22H,9-10,15-17H2,1-2H3. The fourth-order valence-electron chi connectivity index (χ4n) is 4.48. The summed E-state index contributed by atoms with van der Waals surface area (Å²) in [4.78, 5) is 12.8. The fraction of sp³-hybridized carbons (Fsp3) is 0.400. The van der Waals surface area contributed by atoms with Crippen molar-refractivity contribution in [3.8, 4) is 0 Å². The van der Waals surface area contributed by atoms with Crippen LogP contribution in [0.15, 0.2) is 70.7 Å². The van der Waals surface area contributed by atoms with Crippen LogP contribution in [0.5, 0.6) is 0 Å². The second-order valence-corrected chi connectivity index (χ2v) is 12.1. The highest BCUT2D eigenvalue weighted by atomic mass is 79.9. The summed E-state index contributed by atoms with van der Waals surface area (Å²) in [7, 11) is -3.51. The van der Waals surface area contributed by atoms with Gasteiger partial charge in [-0.25, -0.2) is 4.79 Å². The maximum atomic E-state index is 15.2. The van der Waals surface area contributed by atoms with Gasteiger partial charge in [0.05, 0.1) is 10.6 Å². The lowest BCUT2D eigenvalue weighted by molar-refractivity contribution is -0.190. The van der Waals surface area contributed by atoms with E-state index in [4.69, 9.17) is 14.2 Å². The third-order valence-electron chi connectivity index (χ3n) is 6.07. The van der Waals surface area contributed by atoms with Crippen molar-refractivity contribution in [3.63, 3.8) is 0 Å². The Kier molecular flexibility index (Phi) is 7.06. The molecule has 0 aliphatic carbocycles. The topological polar surface area (TPSA) is 61.8 Å². The first-order valence-corrected chi connectivity index (χ1v) is 13.5. The Morgan fingerprint density at radius 3 is 2.16 bits per heavy atom. The number of rotatable bonds is 7. The van der Waals surface area contributed by atoms with Crippen molar-refractivity contribution in [2.75, 3.05) is 6.61 Å². The molecular weight excluding hydrogens is 491 g/mol. The van der Waals surface area contributed by atoms with Crippen molar-refractivity contribution in [1.29, 1.82) is 0 Å². The van der Waals surface area contributed by atoms with Gasteiger partial charge in [0, 0.05) is 29.2 Å². The molecule has 1 fully saturated rings. The van der Waals surface area contributed by atoms with Crippen molar-refractivity contribution in [3.05, 3.63) is 70.7 Å². The number of carbonyl (C=O) groups is 1. The van der Waals surface area contributed by atoms with Gasteiger partial charge >= 0.3 is 5.97 Å². The molecule has 0 bridgehead atoms. The molecule has 2 aromatic rings. The smallest absolute Gasteiger partial charge is 0.336 e. The summed E-state index contributed by atoms with van der Waals surface area (Å²) < 4.78 is 33.8. The second kappa shape index (κ2) is 9.64. The molecule has 2 aromatic carbocycles. The Balaban J connectivity index is 1.83. The van der Waals surface area contributed by atoms with E-state index in [1.807, 2.05) is 67.6 Å². The predicted octanol–water partition coefficient (Wildman–Crippen LogP) is 5.24. The van der Waals surface area contributed by atoms with Crippen LogP contribution in [0.1, 0.15) is 39.5 Å². The lowest BCUT2D eigenvalue weighted by Gasteiger charge is -2.39. The van der Waals surface area contributed by atoms with Crippen LogP contribution < -0.4 is 10.6 Å². The molecule has 0 spiro atoms. The van der Waals surface area contributed by atoms with E-state index in [1.54, 1.807) is 6.92 Å². The van der Waals surface area contributed by atoms with Gasteiger partial charge in [0.1, 0.15) is 0 Å². The fourth-order valence-corrected chi connectivity index (χ4v) is 9.12. The predicted molar refractivity (Wildman–Crippen MR) is 129 cm³/mol. The van der Waals surface area contributed by atoms with Gasteiger partial charge in [-0.1, -0.05) is 76.6 Å². The highest BCUT2D eigenvalue weighted by Crippen LogP contribution is 2.66. The SMILES string of the molecule is CC1=C(Br)C(CC(C)OC2CCCCO2)(P(=O)(c2ccccc2)c2ccccc2)OC1=O. The average molecular weight is 519 g/mol. The molecule has 3 atom stereocenters. The Morgan fingerprint density at radius 1 is 1.09 bits per heavy atom. The molecule has 2 heterocycles. The van der Waals surface area contributed by atoms with E-state index in [2.05, 4.69) is 15.9 Å². The zero-order valence-corrected chi connectivity index (χ0v) is 20.8. The molecule has 170 valence electrons. The number of benzene rings is 2. The van der Waals surface area contributed by atoms with Gasteiger partial charge < -0.3 is 18.8 Å². The maximum Gasteiger partial charge on any atom is 0.336 e. The van der Waals surface area contributed by atoms with Crippen LogP contribution in [0.3, 0.4) is 0 Å².